The van der Waals surface area contributed by atoms with Gasteiger partial charge in [-0.3, -0.25) is 4.79 Å². The van der Waals surface area contributed by atoms with Crippen molar-refractivity contribution in [3.05, 3.63) is 48.0 Å². The van der Waals surface area contributed by atoms with Crippen LogP contribution in [-0.4, -0.2) is 16.0 Å². The third kappa shape index (κ3) is 2.49. The predicted molar refractivity (Wildman–Crippen MR) is 71.9 cm³/mol. The average Bonchev–Trinajstić information content (AvgIpc) is 2.97. The van der Waals surface area contributed by atoms with Crippen LogP contribution in [0, 0.1) is 6.92 Å². The first-order valence-electron chi connectivity index (χ1n) is 6.00. The summed E-state index contributed by atoms with van der Waals surface area (Å²) in [6.07, 6.45) is 2.06. The number of anilines is 1. The summed E-state index contributed by atoms with van der Waals surface area (Å²) < 4.78 is 5.01. The van der Waals surface area contributed by atoms with E-state index in [9.17, 15) is 4.79 Å². The highest BCUT2D eigenvalue weighted by Crippen LogP contribution is 2.18. The van der Waals surface area contributed by atoms with Crippen LogP contribution in [0.25, 0.3) is 10.9 Å². The molecular formula is C14H13N3O2. The Balaban J connectivity index is 1.71. The number of nitrogens with zero attached hydrogens (tertiary/aromatic N) is 1. The average molecular weight is 255 g/mol. The molecule has 2 heterocycles. The lowest BCUT2D eigenvalue weighted by Crippen LogP contribution is -2.13. The number of benzene rings is 1. The van der Waals surface area contributed by atoms with Crippen LogP contribution in [0.1, 0.15) is 11.5 Å². The summed E-state index contributed by atoms with van der Waals surface area (Å²) in [5.74, 6) is 0.448. The maximum absolute atomic E-state index is 11.9. The highest BCUT2D eigenvalue weighted by atomic mass is 16.5. The zero-order valence-corrected chi connectivity index (χ0v) is 10.4. The lowest BCUT2D eigenvalue weighted by Gasteiger charge is -2.03. The quantitative estimate of drug-likeness (QED) is 0.755. The van der Waals surface area contributed by atoms with Crippen LogP contribution >= 0.6 is 0 Å². The predicted octanol–water partition coefficient (Wildman–Crippen LogP) is 2.65. The molecule has 0 unspecified atom stereocenters. The van der Waals surface area contributed by atoms with E-state index in [1.54, 1.807) is 6.07 Å². The van der Waals surface area contributed by atoms with Crippen molar-refractivity contribution in [2.75, 3.05) is 5.32 Å². The second kappa shape index (κ2) is 4.61. The molecule has 0 spiro atoms. The van der Waals surface area contributed by atoms with Gasteiger partial charge < -0.3 is 14.8 Å². The fourth-order valence-electron chi connectivity index (χ4n) is 1.99. The van der Waals surface area contributed by atoms with Crippen molar-refractivity contribution in [1.82, 2.24) is 10.1 Å². The molecule has 0 bridgehead atoms. The Labute approximate surface area is 109 Å². The fourth-order valence-corrected chi connectivity index (χ4v) is 1.99. The van der Waals surface area contributed by atoms with Crippen molar-refractivity contribution in [2.24, 2.45) is 0 Å². The van der Waals surface area contributed by atoms with Gasteiger partial charge in [0, 0.05) is 28.9 Å². The van der Waals surface area contributed by atoms with Gasteiger partial charge in [-0.1, -0.05) is 5.16 Å². The maximum atomic E-state index is 11.9. The molecule has 19 heavy (non-hydrogen) atoms. The first-order valence-corrected chi connectivity index (χ1v) is 6.00. The molecule has 5 heteroatoms. The third-order valence-corrected chi connectivity index (χ3v) is 2.85. The molecule has 0 atom stereocenters. The first-order chi connectivity index (χ1) is 9.20. The Morgan fingerprint density at radius 2 is 2.26 bits per heavy atom. The molecule has 0 saturated carbocycles. The van der Waals surface area contributed by atoms with E-state index < -0.39 is 0 Å². The van der Waals surface area contributed by atoms with Gasteiger partial charge in [0.25, 0.3) is 0 Å². The molecule has 1 aromatic carbocycles. The van der Waals surface area contributed by atoms with Crippen LogP contribution in [0.15, 0.2) is 41.1 Å². The van der Waals surface area contributed by atoms with E-state index in [1.807, 2.05) is 37.4 Å². The Kier molecular flexibility index (Phi) is 2.79. The number of rotatable bonds is 3. The topological polar surface area (TPSA) is 70.9 Å². The molecule has 0 aliphatic rings. The number of carbonyl (C=O) groups is 1. The number of hydrogen-bond donors (Lipinski definition) is 2. The zero-order valence-electron chi connectivity index (χ0n) is 10.4. The van der Waals surface area contributed by atoms with Crippen molar-refractivity contribution < 1.29 is 9.32 Å². The first kappa shape index (κ1) is 11.5. The molecule has 2 aromatic heterocycles. The Morgan fingerprint density at radius 3 is 3.05 bits per heavy atom. The number of nitrogens with one attached hydrogen (secondary N) is 2. The summed E-state index contributed by atoms with van der Waals surface area (Å²) in [6, 6.07) is 9.45. The summed E-state index contributed by atoms with van der Waals surface area (Å²) >= 11 is 0. The van der Waals surface area contributed by atoms with Crippen LogP contribution in [0.3, 0.4) is 0 Å². The molecule has 0 radical (unpaired) electrons. The summed E-state index contributed by atoms with van der Waals surface area (Å²) in [4.78, 5) is 15.0. The van der Waals surface area contributed by atoms with Gasteiger partial charge in [0.1, 0.15) is 5.76 Å². The minimum atomic E-state index is -0.119. The number of carbonyl (C=O) groups excluding carboxylic acids is 1. The molecular weight excluding hydrogens is 242 g/mol. The normalized spacial score (nSPS) is 10.8. The summed E-state index contributed by atoms with van der Waals surface area (Å²) in [5.41, 5.74) is 2.59. The highest BCUT2D eigenvalue weighted by molar-refractivity contribution is 5.94. The SMILES string of the molecule is Cc1cc(CC(=O)Nc2ccc3[nH]ccc3c2)on1. The van der Waals surface area contributed by atoms with Gasteiger partial charge in [0.05, 0.1) is 12.1 Å². The van der Waals surface area contributed by atoms with Crippen LogP contribution in [0.5, 0.6) is 0 Å². The monoisotopic (exact) mass is 255 g/mol. The van der Waals surface area contributed by atoms with E-state index in [-0.39, 0.29) is 12.3 Å². The van der Waals surface area contributed by atoms with Crippen LogP contribution in [0.2, 0.25) is 0 Å². The largest absolute Gasteiger partial charge is 0.361 e. The van der Waals surface area contributed by atoms with E-state index in [2.05, 4.69) is 15.5 Å². The summed E-state index contributed by atoms with van der Waals surface area (Å²) in [5, 5.41) is 7.66. The summed E-state index contributed by atoms with van der Waals surface area (Å²) in [6.45, 7) is 1.82. The van der Waals surface area contributed by atoms with Gasteiger partial charge in [-0.2, -0.15) is 0 Å². The number of aromatic amines is 1. The molecule has 0 fully saturated rings. The van der Waals surface area contributed by atoms with Crippen molar-refractivity contribution >= 4 is 22.5 Å². The standard InChI is InChI=1S/C14H13N3O2/c1-9-6-12(19-17-9)8-14(18)16-11-2-3-13-10(7-11)4-5-15-13/h2-7,15H,8H2,1H3,(H,16,18). The van der Waals surface area contributed by atoms with E-state index in [1.165, 1.54) is 0 Å². The van der Waals surface area contributed by atoms with E-state index in [0.29, 0.717) is 5.76 Å². The van der Waals surface area contributed by atoms with Crippen LogP contribution in [-0.2, 0) is 11.2 Å². The smallest absolute Gasteiger partial charge is 0.232 e. The molecule has 0 aliphatic carbocycles. The molecule has 3 aromatic rings. The number of H-pyrrole nitrogens is 1. The second-order valence-corrected chi connectivity index (χ2v) is 4.44. The molecule has 0 saturated heterocycles. The number of fused-ring (bicyclic) bond motifs is 1. The fraction of sp³-hybridized carbons (Fsp3) is 0.143. The molecule has 5 nitrogen and oxygen atoms in total. The number of aryl methyl sites for hydroxylation is 1. The van der Waals surface area contributed by atoms with Crippen LogP contribution < -0.4 is 5.32 Å². The van der Waals surface area contributed by atoms with E-state index in [4.69, 9.17) is 4.52 Å². The van der Waals surface area contributed by atoms with Gasteiger partial charge in [-0.05, 0) is 31.2 Å². The van der Waals surface area contributed by atoms with Gasteiger partial charge >= 0.3 is 0 Å². The number of aromatic nitrogens is 2. The molecule has 1 amide bonds. The van der Waals surface area contributed by atoms with Gasteiger partial charge in [-0.25, -0.2) is 0 Å². The minimum Gasteiger partial charge on any atom is -0.361 e. The Bertz CT molecular complexity index is 727. The van der Waals surface area contributed by atoms with Crippen molar-refractivity contribution in [1.29, 1.82) is 0 Å². The lowest BCUT2D eigenvalue weighted by atomic mass is 10.2. The molecule has 0 aliphatic heterocycles. The lowest BCUT2D eigenvalue weighted by molar-refractivity contribution is -0.115. The number of amides is 1. The number of hydrogen-bond acceptors (Lipinski definition) is 3. The Morgan fingerprint density at radius 1 is 1.37 bits per heavy atom. The van der Waals surface area contributed by atoms with Gasteiger partial charge in [0.15, 0.2) is 0 Å². The van der Waals surface area contributed by atoms with Crippen molar-refractivity contribution in [3.63, 3.8) is 0 Å². The molecule has 3 rings (SSSR count). The van der Waals surface area contributed by atoms with Crippen molar-refractivity contribution in [2.45, 2.75) is 13.3 Å². The second-order valence-electron chi connectivity index (χ2n) is 4.44. The molecule has 2 N–H and O–H groups in total. The third-order valence-electron chi connectivity index (χ3n) is 2.85. The maximum Gasteiger partial charge on any atom is 0.232 e. The van der Waals surface area contributed by atoms with Crippen molar-refractivity contribution in [3.8, 4) is 0 Å². The van der Waals surface area contributed by atoms with Gasteiger partial charge in [0.2, 0.25) is 5.91 Å². The van der Waals surface area contributed by atoms with Gasteiger partial charge in [-0.15, -0.1) is 0 Å². The molecule has 96 valence electrons. The minimum absolute atomic E-state index is 0.119. The summed E-state index contributed by atoms with van der Waals surface area (Å²) in [7, 11) is 0. The zero-order chi connectivity index (χ0) is 13.2. The highest BCUT2D eigenvalue weighted by Gasteiger charge is 2.08. The van der Waals surface area contributed by atoms with Crippen LogP contribution in [0.4, 0.5) is 5.69 Å². The van der Waals surface area contributed by atoms with E-state index >= 15 is 0 Å². The Hall–Kier alpha value is -2.56. The van der Waals surface area contributed by atoms with E-state index in [0.717, 1.165) is 22.3 Å².